The number of sulfone groups is 1. The Balaban J connectivity index is 1.87. The summed E-state index contributed by atoms with van der Waals surface area (Å²) in [6.45, 7) is 3.71. The van der Waals surface area contributed by atoms with Crippen LogP contribution in [0.25, 0.3) is 0 Å². The number of urea groups is 1. The van der Waals surface area contributed by atoms with Gasteiger partial charge in [0, 0.05) is 19.1 Å². The first-order valence-electron chi connectivity index (χ1n) is 6.72. The molecule has 2 fully saturated rings. The number of hydrogen-bond acceptors (Lipinski definition) is 3. The molecule has 2 rings (SSSR count). The first kappa shape index (κ1) is 13.6. The first-order chi connectivity index (χ1) is 8.46. The zero-order chi connectivity index (χ0) is 13.2. The number of likely N-dealkylation sites (tertiary alicyclic amines) is 1. The summed E-state index contributed by atoms with van der Waals surface area (Å²) in [7, 11) is -2.95. The topological polar surface area (TPSA) is 66.5 Å². The van der Waals surface area contributed by atoms with Crippen molar-refractivity contribution in [3.63, 3.8) is 0 Å². The van der Waals surface area contributed by atoms with Gasteiger partial charge in [-0.05, 0) is 31.6 Å². The molecule has 1 N–H and O–H groups in total. The fraction of sp³-hybridized carbons (Fsp3) is 0.917. The summed E-state index contributed by atoms with van der Waals surface area (Å²) in [5.41, 5.74) is 0. The molecule has 0 radical (unpaired) electrons. The zero-order valence-electron chi connectivity index (χ0n) is 10.9. The molecule has 0 bridgehead atoms. The van der Waals surface area contributed by atoms with E-state index in [2.05, 4.69) is 12.2 Å². The number of amides is 2. The molecule has 2 saturated heterocycles. The number of nitrogens with zero attached hydrogens (tertiary/aromatic N) is 1. The van der Waals surface area contributed by atoms with Crippen LogP contribution in [0.1, 0.15) is 32.6 Å². The summed E-state index contributed by atoms with van der Waals surface area (Å²) in [4.78, 5) is 13.9. The summed E-state index contributed by atoms with van der Waals surface area (Å²) in [6.07, 6.45) is 3.64. The predicted molar refractivity (Wildman–Crippen MR) is 70.2 cm³/mol. The molecule has 0 aromatic carbocycles. The van der Waals surface area contributed by atoms with E-state index in [9.17, 15) is 13.2 Å². The molecule has 2 unspecified atom stereocenters. The Morgan fingerprint density at radius 2 is 2.06 bits per heavy atom. The Bertz CT molecular complexity index is 408. The second-order valence-electron chi connectivity index (χ2n) is 5.60. The van der Waals surface area contributed by atoms with Crippen molar-refractivity contribution in [2.24, 2.45) is 5.92 Å². The molecule has 6 heteroatoms. The van der Waals surface area contributed by atoms with E-state index in [0.29, 0.717) is 12.3 Å². The van der Waals surface area contributed by atoms with Gasteiger partial charge in [0.25, 0.3) is 0 Å². The van der Waals surface area contributed by atoms with E-state index in [0.717, 1.165) is 25.9 Å². The molecule has 2 aliphatic rings. The lowest BCUT2D eigenvalue weighted by molar-refractivity contribution is 0.166. The van der Waals surface area contributed by atoms with E-state index in [1.807, 2.05) is 4.90 Å². The molecule has 0 aromatic rings. The Hall–Kier alpha value is -0.780. The number of piperidine rings is 1. The summed E-state index contributed by atoms with van der Waals surface area (Å²) >= 11 is 0. The van der Waals surface area contributed by atoms with E-state index < -0.39 is 9.84 Å². The average Bonchev–Trinajstić information content (AvgIpc) is 2.27. The van der Waals surface area contributed by atoms with Gasteiger partial charge in [0.2, 0.25) is 0 Å². The number of carbonyl (C=O) groups excluding carboxylic acids is 1. The highest BCUT2D eigenvalue weighted by Gasteiger charge is 2.28. The molecule has 2 aliphatic heterocycles. The first-order valence-corrected chi connectivity index (χ1v) is 8.54. The van der Waals surface area contributed by atoms with E-state index in [1.165, 1.54) is 6.42 Å². The highest BCUT2D eigenvalue weighted by atomic mass is 32.2. The van der Waals surface area contributed by atoms with Gasteiger partial charge in [0.1, 0.15) is 0 Å². The quantitative estimate of drug-likeness (QED) is 0.776. The van der Waals surface area contributed by atoms with Gasteiger partial charge in [-0.1, -0.05) is 6.92 Å². The standard InChI is InChI=1S/C12H22N2O3S/c1-10-4-2-6-14(8-10)12(15)13-11-5-3-7-18(16,17)9-11/h10-11H,2-9H2,1H3,(H,13,15). The van der Waals surface area contributed by atoms with Crippen LogP contribution in [0.5, 0.6) is 0 Å². The highest BCUT2D eigenvalue weighted by Crippen LogP contribution is 2.17. The fourth-order valence-electron chi connectivity index (χ4n) is 2.78. The zero-order valence-corrected chi connectivity index (χ0v) is 11.7. The molecule has 0 saturated carbocycles. The molecule has 0 spiro atoms. The van der Waals surface area contributed by atoms with Crippen LogP contribution in [0.2, 0.25) is 0 Å². The van der Waals surface area contributed by atoms with Crippen molar-refractivity contribution in [1.29, 1.82) is 0 Å². The van der Waals surface area contributed by atoms with E-state index in [-0.39, 0.29) is 23.6 Å². The van der Waals surface area contributed by atoms with Crippen LogP contribution >= 0.6 is 0 Å². The summed E-state index contributed by atoms with van der Waals surface area (Å²) < 4.78 is 23.0. The molecule has 0 aliphatic carbocycles. The van der Waals surface area contributed by atoms with E-state index in [1.54, 1.807) is 0 Å². The maximum absolute atomic E-state index is 12.0. The van der Waals surface area contributed by atoms with Gasteiger partial charge in [0.05, 0.1) is 11.5 Å². The second-order valence-corrected chi connectivity index (χ2v) is 7.83. The molecular formula is C12H22N2O3S. The van der Waals surface area contributed by atoms with Crippen molar-refractivity contribution in [3.8, 4) is 0 Å². The van der Waals surface area contributed by atoms with Crippen molar-refractivity contribution in [2.45, 2.75) is 38.6 Å². The lowest BCUT2D eigenvalue weighted by Crippen LogP contribution is -2.51. The van der Waals surface area contributed by atoms with Crippen molar-refractivity contribution in [2.75, 3.05) is 24.6 Å². The smallest absolute Gasteiger partial charge is 0.317 e. The van der Waals surface area contributed by atoms with Crippen molar-refractivity contribution < 1.29 is 13.2 Å². The van der Waals surface area contributed by atoms with Crippen LogP contribution < -0.4 is 5.32 Å². The molecule has 104 valence electrons. The van der Waals surface area contributed by atoms with Crippen molar-refractivity contribution in [3.05, 3.63) is 0 Å². The van der Waals surface area contributed by atoms with Crippen LogP contribution in [0.3, 0.4) is 0 Å². The fourth-order valence-corrected chi connectivity index (χ4v) is 4.41. The summed E-state index contributed by atoms with van der Waals surface area (Å²) in [6, 6.07) is -0.294. The third kappa shape index (κ3) is 3.60. The highest BCUT2D eigenvalue weighted by molar-refractivity contribution is 7.91. The normalized spacial score (nSPS) is 31.9. The number of rotatable bonds is 1. The van der Waals surface area contributed by atoms with Crippen LogP contribution in [-0.2, 0) is 9.84 Å². The van der Waals surface area contributed by atoms with Gasteiger partial charge in [-0.2, -0.15) is 0 Å². The second kappa shape index (κ2) is 5.47. The molecular weight excluding hydrogens is 252 g/mol. The van der Waals surface area contributed by atoms with Gasteiger partial charge in [-0.15, -0.1) is 0 Å². The number of carbonyl (C=O) groups is 1. The molecule has 5 nitrogen and oxygen atoms in total. The minimum absolute atomic E-state index is 0.0938. The van der Waals surface area contributed by atoms with E-state index >= 15 is 0 Å². The maximum Gasteiger partial charge on any atom is 0.317 e. The number of nitrogens with one attached hydrogen (secondary N) is 1. The molecule has 0 aromatic heterocycles. The maximum atomic E-state index is 12.0. The summed E-state index contributed by atoms with van der Waals surface area (Å²) in [5, 5.41) is 2.87. The molecule has 2 heterocycles. The minimum atomic E-state index is -2.95. The van der Waals surface area contributed by atoms with Crippen LogP contribution in [0, 0.1) is 5.92 Å². The lowest BCUT2D eigenvalue weighted by Gasteiger charge is -2.33. The third-order valence-electron chi connectivity index (χ3n) is 3.73. The monoisotopic (exact) mass is 274 g/mol. The predicted octanol–water partition coefficient (Wildman–Crippen LogP) is 1.01. The van der Waals surface area contributed by atoms with Gasteiger partial charge in [0.15, 0.2) is 9.84 Å². The minimum Gasteiger partial charge on any atom is -0.334 e. The van der Waals surface area contributed by atoms with Crippen LogP contribution in [-0.4, -0.2) is 50.0 Å². The lowest BCUT2D eigenvalue weighted by atomic mass is 10.0. The molecule has 2 amide bonds. The largest absolute Gasteiger partial charge is 0.334 e. The van der Waals surface area contributed by atoms with Gasteiger partial charge >= 0.3 is 6.03 Å². The van der Waals surface area contributed by atoms with Gasteiger partial charge in [-0.3, -0.25) is 0 Å². The van der Waals surface area contributed by atoms with Crippen LogP contribution in [0.4, 0.5) is 4.79 Å². The average molecular weight is 274 g/mol. The Kier molecular flexibility index (Phi) is 4.14. The van der Waals surface area contributed by atoms with Crippen LogP contribution in [0.15, 0.2) is 0 Å². The Morgan fingerprint density at radius 3 is 2.72 bits per heavy atom. The Morgan fingerprint density at radius 1 is 1.28 bits per heavy atom. The van der Waals surface area contributed by atoms with Gasteiger partial charge < -0.3 is 10.2 Å². The SMILES string of the molecule is CC1CCCN(C(=O)NC2CCCS(=O)(=O)C2)C1. The third-order valence-corrected chi connectivity index (χ3v) is 5.56. The van der Waals surface area contributed by atoms with E-state index in [4.69, 9.17) is 0 Å². The van der Waals surface area contributed by atoms with Crippen molar-refractivity contribution in [1.82, 2.24) is 10.2 Å². The summed E-state index contributed by atoms with van der Waals surface area (Å²) in [5.74, 6) is 0.905. The van der Waals surface area contributed by atoms with Gasteiger partial charge in [-0.25, -0.2) is 13.2 Å². The Labute approximate surface area is 109 Å². The molecule has 2 atom stereocenters. The molecule has 18 heavy (non-hydrogen) atoms. The number of hydrogen-bond donors (Lipinski definition) is 1. The van der Waals surface area contributed by atoms with Crippen molar-refractivity contribution >= 4 is 15.9 Å².